The van der Waals surface area contributed by atoms with Crippen LogP contribution in [-0.4, -0.2) is 58.0 Å². The molecule has 0 radical (unpaired) electrons. The molecular weight excluding hydrogens is 498 g/mol. The fraction of sp³-hybridized carbons (Fsp3) is 0.385. The third-order valence-corrected chi connectivity index (χ3v) is 8.24. The molecule has 36 heavy (non-hydrogen) atoms. The Hall–Kier alpha value is -3.01. The Morgan fingerprint density at radius 1 is 1.06 bits per heavy atom. The van der Waals surface area contributed by atoms with Crippen LogP contribution < -0.4 is 16.2 Å². The van der Waals surface area contributed by atoms with Gasteiger partial charge in [-0.2, -0.15) is 0 Å². The Morgan fingerprint density at radius 2 is 1.78 bits per heavy atom. The minimum atomic E-state index is -0.604. The second-order valence-corrected chi connectivity index (χ2v) is 10.5. The van der Waals surface area contributed by atoms with Crippen molar-refractivity contribution in [3.8, 4) is 5.69 Å². The molecule has 3 aromatic rings. The lowest BCUT2D eigenvalue weighted by atomic mass is 9.83. The van der Waals surface area contributed by atoms with E-state index in [4.69, 9.17) is 29.6 Å². The summed E-state index contributed by atoms with van der Waals surface area (Å²) in [4.78, 5) is 45.3. The number of carbonyl (C=O) groups is 2. The second-order valence-electron chi connectivity index (χ2n) is 9.71. The van der Waals surface area contributed by atoms with Gasteiger partial charge in [-0.25, -0.2) is 0 Å². The first kappa shape index (κ1) is 24.7. The van der Waals surface area contributed by atoms with Crippen molar-refractivity contribution in [2.75, 3.05) is 26.2 Å². The van der Waals surface area contributed by atoms with Gasteiger partial charge in [0.05, 0.1) is 29.7 Å². The molecule has 2 saturated heterocycles. The predicted octanol–water partition coefficient (Wildman–Crippen LogP) is 2.23. The summed E-state index contributed by atoms with van der Waals surface area (Å²) in [5, 5.41) is 0.949. The number of nitrogens with zero attached hydrogens (tertiary/aromatic N) is 2. The number of halogens is 1. The van der Waals surface area contributed by atoms with Crippen molar-refractivity contribution < 1.29 is 14.5 Å². The molecule has 8 nitrogen and oxygen atoms in total. The molecule has 0 saturated carbocycles. The third kappa shape index (κ3) is 4.36. The van der Waals surface area contributed by atoms with E-state index in [0.29, 0.717) is 53.1 Å². The average molecular weight is 527 g/mol. The molecule has 10 heteroatoms. The number of carbonyl (C=O) groups excluding carboxylic acids is 2. The molecule has 1 aromatic heterocycles. The fourth-order valence-corrected chi connectivity index (χ4v) is 6.18. The van der Waals surface area contributed by atoms with Gasteiger partial charge >= 0.3 is 0 Å². The van der Waals surface area contributed by atoms with Crippen molar-refractivity contribution in [2.45, 2.75) is 37.6 Å². The second kappa shape index (κ2) is 9.80. The number of hydrogen-bond acceptors (Lipinski definition) is 4. The van der Waals surface area contributed by atoms with Crippen molar-refractivity contribution in [3.05, 3.63) is 68.2 Å². The van der Waals surface area contributed by atoms with Crippen LogP contribution in [0.4, 0.5) is 0 Å². The van der Waals surface area contributed by atoms with E-state index in [2.05, 4.69) is 4.98 Å². The summed E-state index contributed by atoms with van der Waals surface area (Å²) in [7, 11) is 0. The van der Waals surface area contributed by atoms with Gasteiger partial charge in [-0.1, -0.05) is 17.7 Å². The Morgan fingerprint density at radius 3 is 2.47 bits per heavy atom. The zero-order valence-corrected chi connectivity index (χ0v) is 21.5. The van der Waals surface area contributed by atoms with E-state index in [-0.39, 0.29) is 22.1 Å². The van der Waals surface area contributed by atoms with Gasteiger partial charge in [0, 0.05) is 36.5 Å². The number of hydrogen-bond donors (Lipinski definition) is 3. The zero-order chi connectivity index (χ0) is 25.4. The minimum Gasteiger partial charge on any atom is -0.364 e. The van der Waals surface area contributed by atoms with E-state index in [1.165, 1.54) is 15.9 Å². The van der Waals surface area contributed by atoms with Crippen LogP contribution in [0, 0.1) is 4.77 Å². The largest absolute Gasteiger partial charge is 0.364 e. The third-order valence-electron chi connectivity index (χ3n) is 7.72. The van der Waals surface area contributed by atoms with Gasteiger partial charge in [0.25, 0.3) is 17.4 Å². The van der Waals surface area contributed by atoms with Crippen LogP contribution in [0.1, 0.15) is 42.5 Å². The van der Waals surface area contributed by atoms with E-state index in [0.717, 1.165) is 25.9 Å². The van der Waals surface area contributed by atoms with Gasteiger partial charge in [0.15, 0.2) is 10.3 Å². The first-order chi connectivity index (χ1) is 17.3. The molecule has 3 heterocycles. The average Bonchev–Trinajstić information content (AvgIpc) is 2.88. The number of piperidine rings is 2. The number of amides is 2. The van der Waals surface area contributed by atoms with E-state index in [1.807, 2.05) is 0 Å². The highest BCUT2D eigenvalue weighted by atomic mass is 35.5. The minimum absolute atomic E-state index is 0.140. The molecule has 4 N–H and O–H groups in total. The van der Waals surface area contributed by atoms with Crippen molar-refractivity contribution in [3.63, 3.8) is 0 Å². The molecule has 2 amide bonds. The SMILES string of the molecule is NC(=O)C1([NH+]2CCCCC2)CCN(C(=O)c2cccc(-n3c(=S)[nH]c4cc(Cl)ccc4c3=O)c2)CC1. The number of likely N-dealkylation sites (tertiary alicyclic amines) is 2. The van der Waals surface area contributed by atoms with E-state index < -0.39 is 5.54 Å². The Kier molecular flexibility index (Phi) is 6.72. The standard InChI is InChI=1S/C26H28ClN5O3S/c27-18-7-8-20-21(16-18)29-25(36)32(23(20)34)19-6-4-5-17(15-19)22(33)30-13-9-26(10-14-30,24(28)35)31-11-2-1-3-12-31/h4-8,15-16H,1-3,9-14H2,(H2,28,35)(H,29,36)/p+1. The Balaban J connectivity index is 1.40. The highest BCUT2D eigenvalue weighted by Crippen LogP contribution is 2.23. The smallest absolute Gasteiger partial charge is 0.278 e. The molecule has 0 bridgehead atoms. The van der Waals surface area contributed by atoms with Crippen molar-refractivity contribution >= 4 is 46.5 Å². The van der Waals surface area contributed by atoms with Crippen molar-refractivity contribution in [1.82, 2.24) is 14.5 Å². The fourth-order valence-electron chi connectivity index (χ4n) is 5.71. The zero-order valence-electron chi connectivity index (χ0n) is 19.9. The number of quaternary nitrogens is 1. The van der Waals surface area contributed by atoms with Gasteiger partial charge in [-0.3, -0.25) is 19.0 Å². The summed E-state index contributed by atoms with van der Waals surface area (Å²) in [6.45, 7) is 2.83. The topological polar surface area (TPSA) is 106 Å². The van der Waals surface area contributed by atoms with E-state index in [1.54, 1.807) is 47.4 Å². The highest BCUT2D eigenvalue weighted by molar-refractivity contribution is 7.71. The Labute approximate surface area is 218 Å². The summed E-state index contributed by atoms with van der Waals surface area (Å²) in [6, 6.07) is 11.9. The summed E-state index contributed by atoms with van der Waals surface area (Å²) in [5.41, 5.74) is 6.54. The van der Waals surface area contributed by atoms with Crippen LogP contribution in [-0.2, 0) is 4.79 Å². The van der Waals surface area contributed by atoms with Crippen LogP contribution in [0.2, 0.25) is 5.02 Å². The molecule has 0 atom stereocenters. The van der Waals surface area contributed by atoms with Crippen LogP contribution >= 0.6 is 23.8 Å². The van der Waals surface area contributed by atoms with Crippen LogP contribution in [0.25, 0.3) is 16.6 Å². The van der Waals surface area contributed by atoms with Crippen LogP contribution in [0.15, 0.2) is 47.3 Å². The number of rotatable bonds is 4. The lowest BCUT2D eigenvalue weighted by Gasteiger charge is -2.45. The number of benzene rings is 2. The first-order valence-electron chi connectivity index (χ1n) is 12.3. The molecule has 0 spiro atoms. The summed E-state index contributed by atoms with van der Waals surface area (Å²) < 4.78 is 1.60. The highest BCUT2D eigenvalue weighted by Gasteiger charge is 2.49. The maximum absolute atomic E-state index is 13.4. The number of nitrogens with one attached hydrogen (secondary N) is 2. The summed E-state index contributed by atoms with van der Waals surface area (Å²) in [6.07, 6.45) is 4.51. The van der Waals surface area contributed by atoms with Crippen molar-refractivity contribution in [2.24, 2.45) is 5.73 Å². The molecule has 2 fully saturated rings. The van der Waals surface area contributed by atoms with Crippen LogP contribution in [0.5, 0.6) is 0 Å². The monoisotopic (exact) mass is 526 g/mol. The number of aromatic amines is 1. The maximum atomic E-state index is 13.4. The number of nitrogens with two attached hydrogens (primary N) is 1. The maximum Gasteiger partial charge on any atom is 0.278 e. The molecule has 0 unspecified atom stereocenters. The number of aromatic nitrogens is 2. The van der Waals surface area contributed by atoms with Gasteiger partial charge in [-0.05, 0) is 67.9 Å². The lowest BCUT2D eigenvalue weighted by Crippen LogP contribution is -3.22. The predicted molar refractivity (Wildman–Crippen MR) is 141 cm³/mol. The normalized spacial score (nSPS) is 18.3. The van der Waals surface area contributed by atoms with Gasteiger partial charge in [0.2, 0.25) is 0 Å². The summed E-state index contributed by atoms with van der Waals surface area (Å²) >= 11 is 11.5. The van der Waals surface area contributed by atoms with Gasteiger partial charge in [0.1, 0.15) is 0 Å². The number of fused-ring (bicyclic) bond motifs is 1. The summed E-state index contributed by atoms with van der Waals surface area (Å²) in [5.74, 6) is -0.404. The molecule has 0 aliphatic carbocycles. The van der Waals surface area contributed by atoms with Crippen LogP contribution in [0.3, 0.4) is 0 Å². The number of H-pyrrole nitrogens is 1. The van der Waals surface area contributed by atoms with Gasteiger partial charge < -0.3 is 20.5 Å². The van der Waals surface area contributed by atoms with E-state index in [9.17, 15) is 14.4 Å². The molecular formula is C26H29ClN5O3S+. The molecule has 2 aliphatic heterocycles. The number of primary amides is 1. The Bertz CT molecular complexity index is 1450. The molecule has 5 rings (SSSR count). The molecule has 188 valence electrons. The molecule has 2 aromatic carbocycles. The van der Waals surface area contributed by atoms with Crippen molar-refractivity contribution in [1.29, 1.82) is 0 Å². The quantitative estimate of drug-likeness (QED) is 0.453. The van der Waals surface area contributed by atoms with Gasteiger partial charge in [-0.15, -0.1) is 0 Å². The lowest BCUT2D eigenvalue weighted by molar-refractivity contribution is -0.948. The molecule has 2 aliphatic rings. The van der Waals surface area contributed by atoms with E-state index >= 15 is 0 Å². The first-order valence-corrected chi connectivity index (χ1v) is 13.1.